The van der Waals surface area contributed by atoms with Crippen molar-refractivity contribution in [2.24, 2.45) is 0 Å². The van der Waals surface area contributed by atoms with Gasteiger partial charge in [-0.2, -0.15) is 0 Å². The number of nitrogens with one attached hydrogen (secondary N) is 2. The molecule has 170 valence electrons. The van der Waals surface area contributed by atoms with Crippen LogP contribution in [-0.2, 0) is 24.0 Å². The second-order valence-corrected chi connectivity index (χ2v) is 8.42. The normalized spacial score (nSPS) is 23.2. The minimum absolute atomic E-state index is 0.103. The van der Waals surface area contributed by atoms with Crippen LogP contribution in [-0.4, -0.2) is 51.4 Å². The van der Waals surface area contributed by atoms with Crippen molar-refractivity contribution >= 4 is 41.0 Å². The van der Waals surface area contributed by atoms with Gasteiger partial charge in [-0.25, -0.2) is 4.79 Å². The van der Waals surface area contributed by atoms with E-state index in [0.29, 0.717) is 17.7 Å². The molecule has 0 radical (unpaired) electrons. The maximum Gasteiger partial charge on any atom is 0.353 e. The summed E-state index contributed by atoms with van der Waals surface area (Å²) in [6.45, 7) is 1.51. The third-order valence-corrected chi connectivity index (χ3v) is 6.19. The molecule has 0 bridgehead atoms. The number of ketones is 2. The van der Waals surface area contributed by atoms with Crippen LogP contribution in [0.2, 0.25) is 0 Å². The molecule has 33 heavy (non-hydrogen) atoms. The Morgan fingerprint density at radius 3 is 2.48 bits per heavy atom. The van der Waals surface area contributed by atoms with Gasteiger partial charge in [0.15, 0.2) is 0 Å². The van der Waals surface area contributed by atoms with Crippen LogP contribution >= 0.6 is 11.6 Å². The number of allylic oxidation sites excluding steroid dienone is 4. The van der Waals surface area contributed by atoms with E-state index in [4.69, 9.17) is 11.6 Å². The SMILES string of the molecule is CC1=CC(N[C@@H](C(=O)N[C@@H]2C(=O)N3C(C(=O)O)=C(Cl)CC[C@H]23)c2ccccc2)=CC(=O)C1=O. The van der Waals surface area contributed by atoms with Crippen molar-refractivity contribution in [3.63, 3.8) is 0 Å². The summed E-state index contributed by atoms with van der Waals surface area (Å²) in [6, 6.07) is 6.31. The van der Waals surface area contributed by atoms with Crippen LogP contribution in [0.4, 0.5) is 0 Å². The highest BCUT2D eigenvalue weighted by atomic mass is 35.5. The molecular weight excluding hydrogens is 450 g/mol. The van der Waals surface area contributed by atoms with Crippen LogP contribution in [0, 0.1) is 0 Å². The maximum absolute atomic E-state index is 13.2. The molecular formula is C23H20ClN3O6. The molecule has 0 spiro atoms. The zero-order valence-corrected chi connectivity index (χ0v) is 18.3. The van der Waals surface area contributed by atoms with E-state index >= 15 is 0 Å². The van der Waals surface area contributed by atoms with Crippen molar-refractivity contribution in [1.82, 2.24) is 15.5 Å². The Balaban J connectivity index is 1.56. The number of aliphatic carboxylic acids is 1. The number of rotatable bonds is 6. The molecule has 3 aliphatic rings. The summed E-state index contributed by atoms with van der Waals surface area (Å²) >= 11 is 6.01. The Morgan fingerprint density at radius 1 is 1.15 bits per heavy atom. The number of β-lactam (4-membered cyclic amide) rings is 1. The molecule has 0 unspecified atom stereocenters. The first-order chi connectivity index (χ1) is 15.7. The average molecular weight is 470 g/mol. The third-order valence-electron chi connectivity index (χ3n) is 5.82. The van der Waals surface area contributed by atoms with Crippen LogP contribution in [0.1, 0.15) is 31.4 Å². The number of carboxylic acids is 1. The number of hydrogen-bond donors (Lipinski definition) is 3. The summed E-state index contributed by atoms with van der Waals surface area (Å²) in [7, 11) is 0. The van der Waals surface area contributed by atoms with Crippen molar-refractivity contribution in [3.8, 4) is 0 Å². The number of fused-ring (bicyclic) bond motifs is 1. The van der Waals surface area contributed by atoms with E-state index in [1.807, 2.05) is 0 Å². The number of carboxylic acid groups (broad SMARTS) is 1. The molecule has 1 aromatic carbocycles. The van der Waals surface area contributed by atoms with Crippen LogP contribution < -0.4 is 10.6 Å². The summed E-state index contributed by atoms with van der Waals surface area (Å²) in [5.41, 5.74) is 0.863. The molecule has 2 aliphatic heterocycles. The van der Waals surface area contributed by atoms with Crippen molar-refractivity contribution in [3.05, 3.63) is 70.0 Å². The quantitative estimate of drug-likeness (QED) is 0.325. The van der Waals surface area contributed by atoms with Crippen molar-refractivity contribution in [1.29, 1.82) is 0 Å². The number of amides is 2. The van der Waals surface area contributed by atoms with E-state index in [1.165, 1.54) is 13.0 Å². The molecule has 2 amide bonds. The lowest BCUT2D eigenvalue weighted by Gasteiger charge is -2.49. The summed E-state index contributed by atoms with van der Waals surface area (Å²) in [6.07, 6.45) is 3.31. The van der Waals surface area contributed by atoms with Gasteiger partial charge in [0.1, 0.15) is 17.8 Å². The fraction of sp³-hybridized carbons (Fsp3) is 0.261. The van der Waals surface area contributed by atoms with E-state index in [2.05, 4.69) is 10.6 Å². The van der Waals surface area contributed by atoms with Gasteiger partial charge in [0.05, 0.1) is 6.04 Å². The highest BCUT2D eigenvalue weighted by Crippen LogP contribution is 2.38. The maximum atomic E-state index is 13.2. The van der Waals surface area contributed by atoms with Gasteiger partial charge in [-0.1, -0.05) is 41.9 Å². The largest absolute Gasteiger partial charge is 0.477 e. The first-order valence-corrected chi connectivity index (χ1v) is 10.6. The molecule has 1 saturated heterocycles. The summed E-state index contributed by atoms with van der Waals surface area (Å²) in [5.74, 6) is -3.68. The zero-order chi connectivity index (χ0) is 23.9. The summed E-state index contributed by atoms with van der Waals surface area (Å²) in [4.78, 5) is 62.3. The Hall–Kier alpha value is -3.72. The first kappa shape index (κ1) is 22.5. The number of nitrogens with zero attached hydrogens (tertiary/aromatic N) is 1. The van der Waals surface area contributed by atoms with Gasteiger partial charge < -0.3 is 15.7 Å². The topological polar surface area (TPSA) is 133 Å². The second kappa shape index (κ2) is 8.67. The molecule has 0 aromatic heterocycles. The molecule has 4 rings (SSSR count). The predicted octanol–water partition coefficient (Wildman–Crippen LogP) is 1.32. The van der Waals surface area contributed by atoms with Gasteiger partial charge in [-0.3, -0.25) is 24.1 Å². The molecule has 0 saturated carbocycles. The number of carbonyl (C=O) groups excluding carboxylic acids is 4. The summed E-state index contributed by atoms with van der Waals surface area (Å²) < 4.78 is 0. The van der Waals surface area contributed by atoms with Crippen LogP contribution in [0.15, 0.2) is 64.5 Å². The molecule has 1 fully saturated rings. The van der Waals surface area contributed by atoms with Gasteiger partial charge >= 0.3 is 5.97 Å². The van der Waals surface area contributed by atoms with Crippen molar-refractivity contribution in [2.45, 2.75) is 37.9 Å². The average Bonchev–Trinajstić information content (AvgIpc) is 2.79. The van der Waals surface area contributed by atoms with Crippen LogP contribution in [0.25, 0.3) is 0 Å². The van der Waals surface area contributed by atoms with Crippen molar-refractivity contribution < 1.29 is 29.1 Å². The van der Waals surface area contributed by atoms with E-state index in [1.54, 1.807) is 30.3 Å². The number of halogens is 1. The molecule has 10 heteroatoms. The molecule has 1 aliphatic carbocycles. The van der Waals surface area contributed by atoms with E-state index in [9.17, 15) is 29.1 Å². The van der Waals surface area contributed by atoms with E-state index in [-0.39, 0.29) is 22.7 Å². The van der Waals surface area contributed by atoms with Gasteiger partial charge in [0.2, 0.25) is 17.5 Å². The van der Waals surface area contributed by atoms with Gasteiger partial charge in [0.25, 0.3) is 5.91 Å². The van der Waals surface area contributed by atoms with Crippen molar-refractivity contribution in [2.75, 3.05) is 0 Å². The van der Waals surface area contributed by atoms with Gasteiger partial charge in [-0.15, -0.1) is 0 Å². The lowest BCUT2D eigenvalue weighted by atomic mass is 9.86. The Kier molecular flexibility index (Phi) is 5.90. The monoisotopic (exact) mass is 469 g/mol. The predicted molar refractivity (Wildman–Crippen MR) is 116 cm³/mol. The third kappa shape index (κ3) is 4.07. The highest BCUT2D eigenvalue weighted by molar-refractivity contribution is 6.48. The van der Waals surface area contributed by atoms with E-state index in [0.717, 1.165) is 11.0 Å². The summed E-state index contributed by atoms with van der Waals surface area (Å²) in [5, 5.41) is 15.2. The lowest BCUT2D eigenvalue weighted by Crippen LogP contribution is -2.72. The smallest absolute Gasteiger partial charge is 0.353 e. The zero-order valence-electron chi connectivity index (χ0n) is 17.5. The Morgan fingerprint density at radius 2 is 1.85 bits per heavy atom. The minimum Gasteiger partial charge on any atom is -0.477 e. The Bertz CT molecular complexity index is 1170. The molecule has 3 atom stereocenters. The fourth-order valence-electron chi connectivity index (χ4n) is 4.19. The number of benzene rings is 1. The molecule has 2 heterocycles. The molecule has 9 nitrogen and oxygen atoms in total. The highest BCUT2D eigenvalue weighted by Gasteiger charge is 2.53. The number of carbonyl (C=O) groups is 5. The number of hydrogen-bond acceptors (Lipinski definition) is 6. The second-order valence-electron chi connectivity index (χ2n) is 7.97. The number of Topliss-reactive ketones (excluding diaryl/α,β-unsaturated/α-hetero) is 1. The van der Waals surface area contributed by atoms with Gasteiger partial charge in [0, 0.05) is 22.4 Å². The van der Waals surface area contributed by atoms with E-state index < -0.39 is 47.5 Å². The molecule has 1 aromatic rings. The fourth-order valence-corrected chi connectivity index (χ4v) is 4.47. The van der Waals surface area contributed by atoms with Crippen LogP contribution in [0.3, 0.4) is 0 Å². The standard InChI is InChI=1S/C23H20ClN3O6/c1-11-9-13(10-16(28)20(11)29)25-17(12-5-3-2-4-6-12)21(30)26-18-15-8-7-14(24)19(23(32)33)27(15)22(18)31/h2-6,9-10,15,17-18,25H,7-8H2,1H3,(H,26,30)(H,32,33)/t15-,17-,18+/m1/s1. The first-order valence-electron chi connectivity index (χ1n) is 10.2. The minimum atomic E-state index is -1.29. The lowest BCUT2D eigenvalue weighted by molar-refractivity contribution is -0.156. The Labute approximate surface area is 193 Å². The molecule has 3 N–H and O–H groups in total. The van der Waals surface area contributed by atoms with Gasteiger partial charge in [-0.05, 0) is 31.4 Å². The van der Waals surface area contributed by atoms with Crippen LogP contribution in [0.5, 0.6) is 0 Å².